The summed E-state index contributed by atoms with van der Waals surface area (Å²) in [6, 6.07) is -0.761. The average molecular weight is 971 g/mol. The monoisotopic (exact) mass is 970 g/mol. The summed E-state index contributed by atoms with van der Waals surface area (Å²) < 4.78 is 23.8. The first-order chi connectivity index (χ1) is 32.5. The summed E-state index contributed by atoms with van der Waals surface area (Å²) in [5, 5.41) is 14.1. The maximum atomic E-state index is 13.0. The average Bonchev–Trinajstić information content (AvgIpc) is 3.29. The molecule has 1 amide bonds. The van der Waals surface area contributed by atoms with Crippen LogP contribution in [-0.4, -0.2) is 73.4 Å². The molecule has 0 aromatic carbocycles. The van der Waals surface area contributed by atoms with Gasteiger partial charge >= 0.3 is 7.82 Å². The van der Waals surface area contributed by atoms with E-state index in [0.717, 1.165) is 38.5 Å². The van der Waals surface area contributed by atoms with Gasteiger partial charge < -0.3 is 19.8 Å². The van der Waals surface area contributed by atoms with Crippen LogP contribution in [0.15, 0.2) is 12.2 Å². The smallest absolute Gasteiger partial charge is 0.391 e. The van der Waals surface area contributed by atoms with Crippen LogP contribution in [0.2, 0.25) is 0 Å². The Kier molecular flexibility index (Phi) is 49.6. The maximum Gasteiger partial charge on any atom is 0.472 e. The Morgan fingerprint density at radius 1 is 0.493 bits per heavy atom. The van der Waals surface area contributed by atoms with E-state index in [1.165, 1.54) is 238 Å². The van der Waals surface area contributed by atoms with Crippen molar-refractivity contribution in [3.05, 3.63) is 12.2 Å². The van der Waals surface area contributed by atoms with Crippen molar-refractivity contribution in [1.82, 2.24) is 5.32 Å². The molecule has 0 aliphatic rings. The molecule has 0 bridgehead atoms. The number of allylic oxidation sites excluding steroid dienone is 2. The number of hydrogen-bond acceptors (Lipinski definition) is 5. The molecule has 0 aromatic heterocycles. The van der Waals surface area contributed by atoms with Gasteiger partial charge in [0, 0.05) is 6.42 Å². The summed E-state index contributed by atoms with van der Waals surface area (Å²) in [6.07, 6.45) is 61.2. The van der Waals surface area contributed by atoms with Crippen LogP contribution in [0.4, 0.5) is 0 Å². The largest absolute Gasteiger partial charge is 0.472 e. The number of carbonyl (C=O) groups excluding carboxylic acids is 1. The van der Waals surface area contributed by atoms with Crippen LogP contribution in [0.3, 0.4) is 0 Å². The Hall–Kier alpha value is -0.760. The number of nitrogens with zero attached hydrogens (tertiary/aromatic N) is 1. The molecular weight excluding hydrogens is 852 g/mol. The summed E-state index contributed by atoms with van der Waals surface area (Å²) in [4.78, 5) is 23.3. The Bertz CT molecular complexity index is 1100. The van der Waals surface area contributed by atoms with Crippen molar-refractivity contribution in [2.75, 3.05) is 40.9 Å². The van der Waals surface area contributed by atoms with Crippen molar-refractivity contribution in [2.45, 2.75) is 315 Å². The van der Waals surface area contributed by atoms with Gasteiger partial charge in [0.15, 0.2) is 0 Å². The van der Waals surface area contributed by atoms with Crippen molar-refractivity contribution in [3.8, 4) is 0 Å². The second kappa shape index (κ2) is 50.2. The Morgan fingerprint density at radius 2 is 0.806 bits per heavy atom. The maximum absolute atomic E-state index is 13.0. The van der Waals surface area contributed by atoms with Crippen LogP contribution in [0.25, 0.3) is 0 Å². The van der Waals surface area contributed by atoms with Gasteiger partial charge in [-0.2, -0.15) is 0 Å². The molecule has 400 valence electrons. The standard InChI is InChI=1S/C58H117N2O6P/c1-6-8-10-12-14-16-18-20-22-24-26-28-30-31-33-35-37-39-41-43-45-47-49-51-57(61)56(55-66-67(63,64)65-54-53-60(3,4)5)59-58(62)52-50-48-46-44-42-40-38-36-34-32-29-27-25-23-21-19-17-15-13-11-9-7-2/h32,34,56-57,61H,6-31,33,35-55H2,1-5H3,(H-,59,62,63,64)/p+1/b34-32-. The fourth-order valence-electron chi connectivity index (χ4n) is 9.10. The van der Waals surface area contributed by atoms with E-state index in [2.05, 4.69) is 31.3 Å². The molecule has 0 fully saturated rings. The summed E-state index contributed by atoms with van der Waals surface area (Å²) in [7, 11) is 1.63. The summed E-state index contributed by atoms with van der Waals surface area (Å²) in [5.74, 6) is -0.143. The van der Waals surface area contributed by atoms with Crippen LogP contribution in [0.1, 0.15) is 303 Å². The number of nitrogens with one attached hydrogen (secondary N) is 1. The third-order valence-electron chi connectivity index (χ3n) is 13.8. The quantitative estimate of drug-likeness (QED) is 0.0243. The molecule has 9 heteroatoms. The molecule has 3 unspecified atom stereocenters. The molecule has 0 saturated carbocycles. The minimum absolute atomic E-state index is 0.0763. The number of quaternary nitrogens is 1. The lowest BCUT2D eigenvalue weighted by Crippen LogP contribution is -2.46. The van der Waals surface area contributed by atoms with Gasteiger partial charge in [-0.3, -0.25) is 13.8 Å². The number of carbonyl (C=O) groups is 1. The van der Waals surface area contributed by atoms with E-state index in [-0.39, 0.29) is 19.1 Å². The van der Waals surface area contributed by atoms with Gasteiger partial charge in [-0.1, -0.05) is 270 Å². The van der Waals surface area contributed by atoms with E-state index in [4.69, 9.17) is 9.05 Å². The lowest BCUT2D eigenvalue weighted by atomic mass is 10.0. The van der Waals surface area contributed by atoms with E-state index in [0.29, 0.717) is 23.9 Å². The van der Waals surface area contributed by atoms with Crippen molar-refractivity contribution in [1.29, 1.82) is 0 Å². The zero-order valence-corrected chi connectivity index (χ0v) is 46.6. The number of aliphatic hydroxyl groups excluding tert-OH is 1. The number of phosphoric ester groups is 1. The lowest BCUT2D eigenvalue weighted by Gasteiger charge is -2.26. The molecule has 0 aliphatic carbocycles. The van der Waals surface area contributed by atoms with Crippen molar-refractivity contribution in [3.63, 3.8) is 0 Å². The Morgan fingerprint density at radius 3 is 1.15 bits per heavy atom. The minimum Gasteiger partial charge on any atom is -0.391 e. The molecule has 0 heterocycles. The fourth-order valence-corrected chi connectivity index (χ4v) is 9.84. The number of rotatable bonds is 55. The molecule has 3 atom stereocenters. The van der Waals surface area contributed by atoms with Gasteiger partial charge in [0.1, 0.15) is 13.2 Å². The van der Waals surface area contributed by atoms with E-state index in [1.807, 2.05) is 21.1 Å². The lowest BCUT2D eigenvalue weighted by molar-refractivity contribution is -0.870. The van der Waals surface area contributed by atoms with E-state index in [1.54, 1.807) is 0 Å². The third-order valence-corrected chi connectivity index (χ3v) is 14.7. The number of aliphatic hydroxyl groups is 1. The molecule has 0 aliphatic heterocycles. The van der Waals surface area contributed by atoms with Crippen molar-refractivity contribution >= 4 is 13.7 Å². The van der Waals surface area contributed by atoms with Crippen LogP contribution >= 0.6 is 7.82 Å². The zero-order valence-electron chi connectivity index (χ0n) is 45.7. The van der Waals surface area contributed by atoms with Gasteiger partial charge in [-0.05, 0) is 38.5 Å². The predicted octanol–water partition coefficient (Wildman–Crippen LogP) is 17.8. The predicted molar refractivity (Wildman–Crippen MR) is 291 cm³/mol. The molecule has 0 saturated heterocycles. The first kappa shape index (κ1) is 66.2. The highest BCUT2D eigenvalue weighted by atomic mass is 31.2. The number of hydrogen-bond donors (Lipinski definition) is 3. The molecule has 0 aromatic rings. The van der Waals surface area contributed by atoms with Crippen LogP contribution < -0.4 is 5.32 Å². The van der Waals surface area contributed by atoms with Crippen LogP contribution in [0.5, 0.6) is 0 Å². The number of likely N-dealkylation sites (N-methyl/N-ethyl adjacent to an activating group) is 1. The fraction of sp³-hybridized carbons (Fsp3) is 0.948. The second-order valence-corrected chi connectivity index (χ2v) is 23.2. The van der Waals surface area contributed by atoms with Crippen LogP contribution in [-0.2, 0) is 18.4 Å². The highest BCUT2D eigenvalue weighted by molar-refractivity contribution is 7.47. The van der Waals surface area contributed by atoms with E-state index in [9.17, 15) is 19.4 Å². The Labute approximate surface area is 418 Å². The topological polar surface area (TPSA) is 105 Å². The Balaban J connectivity index is 4.15. The second-order valence-electron chi connectivity index (χ2n) is 21.7. The van der Waals surface area contributed by atoms with Gasteiger partial charge in [-0.25, -0.2) is 4.57 Å². The number of phosphoric acid groups is 1. The zero-order chi connectivity index (χ0) is 49.2. The highest BCUT2D eigenvalue weighted by Crippen LogP contribution is 2.43. The van der Waals surface area contributed by atoms with Gasteiger partial charge in [0.25, 0.3) is 0 Å². The SMILES string of the molecule is CCCCCCCCCCCCC/C=C\CCCCCCCCCC(=O)NC(COP(=O)(O)OCC[N+](C)(C)C)C(O)CCCCCCCCCCCCCCCCCCCCCCCCC. The number of unbranched alkanes of at least 4 members (excludes halogenated alkanes) is 40. The summed E-state index contributed by atoms with van der Waals surface area (Å²) in [5.41, 5.74) is 0. The summed E-state index contributed by atoms with van der Waals surface area (Å²) >= 11 is 0. The minimum atomic E-state index is -4.32. The van der Waals surface area contributed by atoms with Crippen LogP contribution in [0, 0.1) is 0 Å². The molecule has 3 N–H and O–H groups in total. The number of amides is 1. The van der Waals surface area contributed by atoms with Crippen molar-refractivity contribution in [2.24, 2.45) is 0 Å². The first-order valence-electron chi connectivity index (χ1n) is 29.6. The normalized spacial score (nSPS) is 14.0. The summed E-state index contributed by atoms with van der Waals surface area (Å²) in [6.45, 7) is 4.94. The van der Waals surface area contributed by atoms with Gasteiger partial charge in [0.2, 0.25) is 5.91 Å². The van der Waals surface area contributed by atoms with Crippen molar-refractivity contribution < 1.29 is 32.9 Å². The van der Waals surface area contributed by atoms with E-state index < -0.39 is 20.0 Å². The highest BCUT2D eigenvalue weighted by Gasteiger charge is 2.28. The van der Waals surface area contributed by atoms with E-state index >= 15 is 0 Å². The van der Waals surface area contributed by atoms with Gasteiger partial charge in [-0.15, -0.1) is 0 Å². The molecule has 67 heavy (non-hydrogen) atoms. The molecule has 0 rings (SSSR count). The molecule has 0 spiro atoms. The van der Waals surface area contributed by atoms with Gasteiger partial charge in [0.05, 0.1) is 39.9 Å². The molecular formula is C58H118N2O6P+. The molecule has 0 radical (unpaired) electrons. The third kappa shape index (κ3) is 52.9. The first-order valence-corrected chi connectivity index (χ1v) is 31.0. The molecule has 8 nitrogen and oxygen atoms in total.